The molecule has 4 N–H and O–H groups in total. The maximum atomic E-state index is 9.66. The van der Waals surface area contributed by atoms with Crippen molar-refractivity contribution in [1.82, 2.24) is 0 Å². The molecule has 0 aromatic heterocycles. The van der Waals surface area contributed by atoms with Crippen LogP contribution in [-0.4, -0.2) is 16.3 Å². The molecule has 0 aliphatic rings. The first kappa shape index (κ1) is 14.2. The van der Waals surface area contributed by atoms with Crippen molar-refractivity contribution in [2.75, 3.05) is 0 Å². The van der Waals surface area contributed by atoms with Crippen molar-refractivity contribution < 1.29 is 10.2 Å². The quantitative estimate of drug-likeness (QED) is 0.742. The summed E-state index contributed by atoms with van der Waals surface area (Å²) in [6.45, 7) is 1.99. The summed E-state index contributed by atoms with van der Waals surface area (Å²) in [4.78, 5) is 0. The van der Waals surface area contributed by atoms with Gasteiger partial charge in [0.25, 0.3) is 0 Å². The molecule has 0 spiro atoms. The maximum Gasteiger partial charge on any atom is 0.120 e. The van der Waals surface area contributed by atoms with E-state index in [1.165, 1.54) is 0 Å². The summed E-state index contributed by atoms with van der Waals surface area (Å²) in [5.74, 6) is 0.148. The zero-order valence-electron chi connectivity index (χ0n) is 8.76. The van der Waals surface area contributed by atoms with E-state index in [2.05, 4.69) is 0 Å². The summed E-state index contributed by atoms with van der Waals surface area (Å²) < 4.78 is 0. The molecule has 1 rings (SSSR count). The van der Waals surface area contributed by atoms with Gasteiger partial charge in [-0.05, 0) is 12.5 Å². The molecular formula is C11H18ClNO2. The number of benzene rings is 1. The van der Waals surface area contributed by atoms with E-state index >= 15 is 0 Å². The zero-order chi connectivity index (χ0) is 10.6. The van der Waals surface area contributed by atoms with Crippen LogP contribution < -0.4 is 5.73 Å². The second kappa shape index (κ2) is 6.67. The number of para-hydroxylation sites is 1. The van der Waals surface area contributed by atoms with Gasteiger partial charge in [-0.25, -0.2) is 0 Å². The highest BCUT2D eigenvalue weighted by Crippen LogP contribution is 2.25. The highest BCUT2D eigenvalue weighted by Gasteiger charge is 2.18. The number of phenolic OH excluding ortho intramolecular Hbond substituents is 1. The first-order valence-corrected chi connectivity index (χ1v) is 4.88. The molecule has 86 valence electrons. The number of hydrogen-bond acceptors (Lipinski definition) is 3. The third-order valence-electron chi connectivity index (χ3n) is 2.29. The second-order valence-corrected chi connectivity index (χ2v) is 3.44. The van der Waals surface area contributed by atoms with Gasteiger partial charge in [-0.1, -0.05) is 31.5 Å². The van der Waals surface area contributed by atoms with Crippen molar-refractivity contribution in [2.45, 2.75) is 31.9 Å². The normalized spacial score (nSPS) is 14.1. The van der Waals surface area contributed by atoms with Crippen LogP contribution in [0.1, 0.15) is 31.4 Å². The second-order valence-electron chi connectivity index (χ2n) is 3.44. The average molecular weight is 232 g/mol. The van der Waals surface area contributed by atoms with E-state index in [-0.39, 0.29) is 18.2 Å². The molecule has 0 heterocycles. The molecule has 0 radical (unpaired) electrons. The highest BCUT2D eigenvalue weighted by atomic mass is 35.5. The van der Waals surface area contributed by atoms with Gasteiger partial charge in [0.1, 0.15) is 5.75 Å². The Labute approximate surface area is 96.3 Å². The van der Waals surface area contributed by atoms with Crippen molar-refractivity contribution in [1.29, 1.82) is 0 Å². The molecule has 0 aliphatic heterocycles. The van der Waals surface area contributed by atoms with Gasteiger partial charge < -0.3 is 15.9 Å². The largest absolute Gasteiger partial charge is 0.508 e. The van der Waals surface area contributed by atoms with Gasteiger partial charge in [0.05, 0.1) is 12.1 Å². The third kappa shape index (κ3) is 3.70. The lowest BCUT2D eigenvalue weighted by atomic mass is 9.98. The van der Waals surface area contributed by atoms with Crippen molar-refractivity contribution in [3.63, 3.8) is 0 Å². The fraction of sp³-hybridized carbons (Fsp3) is 0.455. The molecule has 0 saturated heterocycles. The van der Waals surface area contributed by atoms with Gasteiger partial charge in [-0.15, -0.1) is 12.4 Å². The van der Waals surface area contributed by atoms with Crippen LogP contribution in [0.4, 0.5) is 0 Å². The first-order valence-electron chi connectivity index (χ1n) is 4.88. The minimum Gasteiger partial charge on any atom is -0.508 e. The summed E-state index contributed by atoms with van der Waals surface area (Å²) in [6.07, 6.45) is 0.936. The predicted octanol–water partition coefficient (Wildman–Crippen LogP) is 1.97. The van der Waals surface area contributed by atoms with Crippen LogP contribution in [0.25, 0.3) is 0 Å². The third-order valence-corrected chi connectivity index (χ3v) is 2.29. The van der Waals surface area contributed by atoms with Gasteiger partial charge in [0, 0.05) is 5.56 Å². The van der Waals surface area contributed by atoms with Crippen LogP contribution in [0.3, 0.4) is 0 Å². The molecule has 0 unspecified atom stereocenters. The molecule has 2 atom stereocenters. The Morgan fingerprint density at radius 2 is 1.93 bits per heavy atom. The Hall–Kier alpha value is -0.770. The number of aromatic hydroxyl groups is 1. The van der Waals surface area contributed by atoms with Crippen LogP contribution in [0.2, 0.25) is 0 Å². The zero-order valence-corrected chi connectivity index (χ0v) is 9.57. The molecule has 1 aromatic carbocycles. The molecule has 0 fully saturated rings. The molecule has 0 amide bonds. The van der Waals surface area contributed by atoms with Crippen molar-refractivity contribution >= 4 is 12.4 Å². The molecule has 0 saturated carbocycles. The summed E-state index contributed by atoms with van der Waals surface area (Å²) in [5, 5.41) is 19.2. The van der Waals surface area contributed by atoms with E-state index in [0.717, 1.165) is 6.42 Å². The van der Waals surface area contributed by atoms with Crippen LogP contribution in [0, 0.1) is 0 Å². The van der Waals surface area contributed by atoms with Crippen LogP contribution >= 0.6 is 12.4 Å². The minimum absolute atomic E-state index is 0. The summed E-state index contributed by atoms with van der Waals surface area (Å²) in [7, 11) is 0. The van der Waals surface area contributed by atoms with Gasteiger partial charge in [-0.2, -0.15) is 0 Å². The number of aliphatic hydroxyl groups is 1. The monoisotopic (exact) mass is 231 g/mol. The van der Waals surface area contributed by atoms with Gasteiger partial charge in [0.15, 0.2) is 0 Å². The van der Waals surface area contributed by atoms with Crippen molar-refractivity contribution in [3.05, 3.63) is 29.8 Å². The van der Waals surface area contributed by atoms with Gasteiger partial charge in [-0.3, -0.25) is 0 Å². The molecule has 1 aromatic rings. The van der Waals surface area contributed by atoms with Crippen LogP contribution in [0.15, 0.2) is 24.3 Å². The van der Waals surface area contributed by atoms with E-state index in [1.807, 2.05) is 6.92 Å². The molecule has 0 bridgehead atoms. The Kier molecular flexibility index (Phi) is 6.32. The van der Waals surface area contributed by atoms with E-state index in [1.54, 1.807) is 24.3 Å². The predicted molar refractivity (Wildman–Crippen MR) is 63.2 cm³/mol. The standard InChI is InChI=1S/C11H17NO2.ClH/c1-2-5-10(14)11(12)8-6-3-4-7-9(8)13;/h3-4,6-7,10-11,13-14H,2,5,12H2,1H3;1H/t10-,11+;/m0./s1. The van der Waals surface area contributed by atoms with Crippen molar-refractivity contribution in [3.8, 4) is 5.75 Å². The number of rotatable bonds is 4. The smallest absolute Gasteiger partial charge is 0.120 e. The molecule has 0 aliphatic carbocycles. The number of hydrogen-bond donors (Lipinski definition) is 3. The topological polar surface area (TPSA) is 66.5 Å². The summed E-state index contributed by atoms with van der Waals surface area (Å²) in [5.41, 5.74) is 6.42. The number of phenols is 1. The van der Waals surface area contributed by atoms with Gasteiger partial charge >= 0.3 is 0 Å². The SMILES string of the molecule is CCC[C@H](O)[C@H](N)c1ccccc1O.Cl. The summed E-state index contributed by atoms with van der Waals surface area (Å²) >= 11 is 0. The maximum absolute atomic E-state index is 9.66. The fourth-order valence-electron chi connectivity index (χ4n) is 1.45. The Morgan fingerprint density at radius 3 is 2.47 bits per heavy atom. The average Bonchev–Trinajstić information content (AvgIpc) is 2.18. The lowest BCUT2D eigenvalue weighted by Gasteiger charge is -2.19. The molecule has 15 heavy (non-hydrogen) atoms. The lowest BCUT2D eigenvalue weighted by molar-refractivity contribution is 0.133. The summed E-state index contributed by atoms with van der Waals surface area (Å²) in [6, 6.07) is 6.34. The molecular weight excluding hydrogens is 214 g/mol. The van der Waals surface area contributed by atoms with Gasteiger partial charge in [0.2, 0.25) is 0 Å². The first-order chi connectivity index (χ1) is 6.66. The van der Waals surface area contributed by atoms with E-state index in [0.29, 0.717) is 12.0 Å². The van der Waals surface area contributed by atoms with E-state index < -0.39 is 12.1 Å². The van der Waals surface area contributed by atoms with Crippen LogP contribution in [-0.2, 0) is 0 Å². The fourth-order valence-corrected chi connectivity index (χ4v) is 1.45. The Balaban J connectivity index is 0.00000196. The Bertz CT molecular complexity index is 294. The Morgan fingerprint density at radius 1 is 1.33 bits per heavy atom. The van der Waals surface area contributed by atoms with E-state index in [4.69, 9.17) is 5.73 Å². The number of halogens is 1. The molecule has 3 nitrogen and oxygen atoms in total. The molecule has 4 heteroatoms. The minimum atomic E-state index is -0.590. The number of aliphatic hydroxyl groups excluding tert-OH is 1. The number of nitrogens with two attached hydrogens (primary N) is 1. The van der Waals surface area contributed by atoms with Crippen LogP contribution in [0.5, 0.6) is 5.75 Å². The lowest BCUT2D eigenvalue weighted by Crippen LogP contribution is -2.25. The van der Waals surface area contributed by atoms with Crippen molar-refractivity contribution in [2.24, 2.45) is 5.73 Å². The van der Waals surface area contributed by atoms with E-state index in [9.17, 15) is 10.2 Å². The highest BCUT2D eigenvalue weighted by molar-refractivity contribution is 5.85.